The highest BCUT2D eigenvalue weighted by Gasteiger charge is 2.23. The van der Waals surface area contributed by atoms with E-state index in [2.05, 4.69) is 32.2 Å². The van der Waals surface area contributed by atoms with E-state index in [9.17, 15) is 0 Å². The lowest BCUT2D eigenvalue weighted by Crippen LogP contribution is -2.33. The SMILES string of the molecule is CN1CCC[C@H](CSc2nnnn2C2CCCC2)C1. The van der Waals surface area contributed by atoms with Crippen LogP contribution in [0.5, 0.6) is 0 Å². The topological polar surface area (TPSA) is 46.8 Å². The van der Waals surface area contributed by atoms with E-state index >= 15 is 0 Å². The molecule has 5 nitrogen and oxygen atoms in total. The van der Waals surface area contributed by atoms with Crippen LogP contribution < -0.4 is 0 Å². The average molecular weight is 281 g/mol. The van der Waals surface area contributed by atoms with Crippen molar-refractivity contribution < 1.29 is 0 Å². The number of hydrogen-bond acceptors (Lipinski definition) is 5. The third kappa shape index (κ3) is 3.28. The first-order valence-corrected chi connectivity index (χ1v) is 8.40. The lowest BCUT2D eigenvalue weighted by atomic mass is 10.0. The fourth-order valence-electron chi connectivity index (χ4n) is 3.26. The second kappa shape index (κ2) is 6.22. The number of hydrogen-bond donors (Lipinski definition) is 0. The molecule has 1 aromatic heterocycles. The highest BCUT2D eigenvalue weighted by molar-refractivity contribution is 7.99. The summed E-state index contributed by atoms with van der Waals surface area (Å²) in [5.41, 5.74) is 0. The minimum absolute atomic E-state index is 0.548. The molecule has 0 unspecified atom stereocenters. The Bertz CT molecular complexity index is 401. The summed E-state index contributed by atoms with van der Waals surface area (Å²) in [6.45, 7) is 2.47. The summed E-state index contributed by atoms with van der Waals surface area (Å²) >= 11 is 1.85. The van der Waals surface area contributed by atoms with Crippen molar-refractivity contribution in [3.8, 4) is 0 Å². The summed E-state index contributed by atoms with van der Waals surface area (Å²) in [6.07, 6.45) is 7.80. The second-order valence-corrected chi connectivity index (χ2v) is 6.91. The Morgan fingerprint density at radius 2 is 2.05 bits per heavy atom. The van der Waals surface area contributed by atoms with Gasteiger partial charge in [-0.3, -0.25) is 0 Å². The zero-order chi connectivity index (χ0) is 13.1. The molecule has 0 aromatic carbocycles. The van der Waals surface area contributed by atoms with Gasteiger partial charge in [0.2, 0.25) is 5.16 Å². The first kappa shape index (κ1) is 13.4. The maximum Gasteiger partial charge on any atom is 0.209 e. The van der Waals surface area contributed by atoms with Crippen molar-refractivity contribution in [1.29, 1.82) is 0 Å². The smallest absolute Gasteiger partial charge is 0.209 e. The van der Waals surface area contributed by atoms with E-state index in [1.807, 2.05) is 11.8 Å². The molecule has 1 aromatic rings. The third-order valence-corrected chi connectivity index (χ3v) is 5.47. The Morgan fingerprint density at radius 1 is 1.21 bits per heavy atom. The molecule has 6 heteroatoms. The van der Waals surface area contributed by atoms with Crippen LogP contribution in [0.3, 0.4) is 0 Å². The summed E-state index contributed by atoms with van der Waals surface area (Å²) in [5.74, 6) is 1.94. The summed E-state index contributed by atoms with van der Waals surface area (Å²) in [7, 11) is 2.22. The molecule has 3 rings (SSSR count). The summed E-state index contributed by atoms with van der Waals surface area (Å²) in [5, 5.41) is 13.3. The molecule has 2 heterocycles. The predicted molar refractivity (Wildman–Crippen MR) is 76.3 cm³/mol. The van der Waals surface area contributed by atoms with E-state index in [1.165, 1.54) is 51.6 Å². The van der Waals surface area contributed by atoms with Gasteiger partial charge in [0, 0.05) is 12.3 Å². The molecule has 0 N–H and O–H groups in total. The van der Waals surface area contributed by atoms with E-state index in [1.54, 1.807) is 0 Å². The van der Waals surface area contributed by atoms with E-state index < -0.39 is 0 Å². The number of tetrazole rings is 1. The molecule has 19 heavy (non-hydrogen) atoms. The molecule has 1 atom stereocenters. The van der Waals surface area contributed by atoms with Gasteiger partial charge in [-0.05, 0) is 55.6 Å². The minimum atomic E-state index is 0.548. The van der Waals surface area contributed by atoms with Crippen LogP contribution in [-0.2, 0) is 0 Å². The van der Waals surface area contributed by atoms with E-state index in [-0.39, 0.29) is 0 Å². The molecule has 2 fully saturated rings. The molecule has 1 saturated carbocycles. The monoisotopic (exact) mass is 281 g/mol. The zero-order valence-electron chi connectivity index (χ0n) is 11.7. The first-order chi connectivity index (χ1) is 9.33. The lowest BCUT2D eigenvalue weighted by molar-refractivity contribution is 0.224. The maximum atomic E-state index is 4.22. The summed E-state index contributed by atoms with van der Waals surface area (Å²) in [6, 6.07) is 0.548. The molecule has 1 saturated heterocycles. The van der Waals surface area contributed by atoms with Crippen molar-refractivity contribution in [3.63, 3.8) is 0 Å². The number of likely N-dealkylation sites (tertiary alicyclic amines) is 1. The Labute approximate surface area is 119 Å². The Hall–Kier alpha value is -0.620. The maximum absolute atomic E-state index is 4.22. The second-order valence-electron chi connectivity index (χ2n) is 5.93. The summed E-state index contributed by atoms with van der Waals surface area (Å²) in [4.78, 5) is 2.44. The van der Waals surface area contributed by atoms with Gasteiger partial charge in [0.05, 0.1) is 6.04 Å². The quantitative estimate of drug-likeness (QED) is 0.792. The third-order valence-electron chi connectivity index (χ3n) is 4.30. The highest BCUT2D eigenvalue weighted by Crippen LogP contribution is 2.32. The van der Waals surface area contributed by atoms with Crippen molar-refractivity contribution >= 4 is 11.8 Å². The van der Waals surface area contributed by atoms with Crippen LogP contribution in [0.25, 0.3) is 0 Å². The molecule has 1 aliphatic carbocycles. The van der Waals surface area contributed by atoms with Gasteiger partial charge in [0.25, 0.3) is 0 Å². The van der Waals surface area contributed by atoms with Crippen LogP contribution in [0.2, 0.25) is 0 Å². The molecule has 0 bridgehead atoms. The molecular weight excluding hydrogens is 258 g/mol. The van der Waals surface area contributed by atoms with Gasteiger partial charge >= 0.3 is 0 Å². The summed E-state index contributed by atoms with van der Waals surface area (Å²) < 4.78 is 2.07. The standard InChI is InChI=1S/C13H23N5S/c1-17-8-4-5-11(9-17)10-19-13-14-15-16-18(13)12-6-2-3-7-12/h11-12H,2-10H2,1H3/t11-/m0/s1. The molecule has 1 aliphatic heterocycles. The van der Waals surface area contributed by atoms with Crippen molar-refractivity contribution in [2.45, 2.75) is 49.7 Å². The normalized spacial score (nSPS) is 26.1. The molecule has 106 valence electrons. The van der Waals surface area contributed by atoms with Gasteiger partial charge in [-0.15, -0.1) is 5.10 Å². The van der Waals surface area contributed by atoms with E-state index in [4.69, 9.17) is 0 Å². The molecule has 0 spiro atoms. The number of piperidine rings is 1. The minimum Gasteiger partial charge on any atom is -0.306 e. The van der Waals surface area contributed by atoms with E-state index in [0.29, 0.717) is 6.04 Å². The van der Waals surface area contributed by atoms with E-state index in [0.717, 1.165) is 16.8 Å². The fourth-order valence-corrected chi connectivity index (χ4v) is 4.33. The molecule has 0 amide bonds. The van der Waals surface area contributed by atoms with Crippen LogP contribution in [0.15, 0.2) is 5.16 Å². The van der Waals surface area contributed by atoms with Crippen LogP contribution >= 0.6 is 11.8 Å². The van der Waals surface area contributed by atoms with Gasteiger partial charge < -0.3 is 4.90 Å². The van der Waals surface area contributed by atoms with Crippen LogP contribution in [0.1, 0.15) is 44.6 Å². The number of nitrogens with zero attached hydrogens (tertiary/aromatic N) is 5. The van der Waals surface area contributed by atoms with Gasteiger partial charge in [-0.2, -0.15) is 0 Å². The van der Waals surface area contributed by atoms with Gasteiger partial charge in [0.1, 0.15) is 0 Å². The van der Waals surface area contributed by atoms with Crippen molar-refractivity contribution in [1.82, 2.24) is 25.1 Å². The van der Waals surface area contributed by atoms with Gasteiger partial charge in [-0.1, -0.05) is 24.6 Å². The van der Waals surface area contributed by atoms with Crippen molar-refractivity contribution in [3.05, 3.63) is 0 Å². The van der Waals surface area contributed by atoms with Gasteiger partial charge in [0.15, 0.2) is 0 Å². The Balaban J connectivity index is 1.56. The van der Waals surface area contributed by atoms with Crippen molar-refractivity contribution in [2.24, 2.45) is 5.92 Å². The average Bonchev–Trinajstić information content (AvgIpc) is 3.07. The van der Waals surface area contributed by atoms with Gasteiger partial charge in [-0.25, -0.2) is 4.68 Å². The highest BCUT2D eigenvalue weighted by atomic mass is 32.2. The van der Waals surface area contributed by atoms with Crippen LogP contribution in [0.4, 0.5) is 0 Å². The number of thioether (sulfide) groups is 1. The predicted octanol–water partition coefficient (Wildman–Crippen LogP) is 2.22. The lowest BCUT2D eigenvalue weighted by Gasteiger charge is -2.29. The molecule has 2 aliphatic rings. The Kier molecular flexibility index (Phi) is 4.38. The van der Waals surface area contributed by atoms with Crippen molar-refractivity contribution in [2.75, 3.05) is 25.9 Å². The molecule has 0 radical (unpaired) electrons. The Morgan fingerprint density at radius 3 is 2.84 bits per heavy atom. The number of aromatic nitrogens is 4. The first-order valence-electron chi connectivity index (χ1n) is 7.42. The largest absolute Gasteiger partial charge is 0.306 e. The zero-order valence-corrected chi connectivity index (χ0v) is 12.5. The van der Waals surface area contributed by atoms with Crippen LogP contribution in [0, 0.1) is 5.92 Å². The molecular formula is C13H23N5S. The fraction of sp³-hybridized carbons (Fsp3) is 0.923. The van der Waals surface area contributed by atoms with Crippen LogP contribution in [-0.4, -0.2) is 51.0 Å². The number of rotatable bonds is 4.